The van der Waals surface area contributed by atoms with Gasteiger partial charge in [-0.3, -0.25) is 9.59 Å². The van der Waals surface area contributed by atoms with Crippen LogP contribution in [-0.4, -0.2) is 40.8 Å². The molecule has 3 rings (SSSR count). The van der Waals surface area contributed by atoms with Gasteiger partial charge in [-0.15, -0.1) is 0 Å². The van der Waals surface area contributed by atoms with E-state index < -0.39 is 15.4 Å². The number of allylic oxidation sites excluding steroid dienone is 4. The number of hydrogen-bond donors (Lipinski definition) is 1. The predicted molar refractivity (Wildman–Crippen MR) is 96.5 cm³/mol. The normalized spacial score (nSPS) is 16.3. The van der Waals surface area contributed by atoms with Gasteiger partial charge in [0.05, 0.1) is 18.4 Å². The van der Waals surface area contributed by atoms with Crippen molar-refractivity contribution in [2.24, 2.45) is 0 Å². The maximum Gasteiger partial charge on any atom is 0.283 e. The predicted octanol–water partition coefficient (Wildman–Crippen LogP) is 0.579. The molecule has 0 bridgehead atoms. The Hall–Kier alpha value is -2.79. The van der Waals surface area contributed by atoms with Crippen molar-refractivity contribution in [3.8, 4) is 0 Å². The summed E-state index contributed by atoms with van der Waals surface area (Å²) in [4.78, 5) is 27.9. The molecule has 1 aliphatic rings. The highest BCUT2D eigenvalue weighted by atomic mass is 32.2. The Morgan fingerprint density at radius 3 is 2.73 bits per heavy atom. The number of sulfone groups is 1. The van der Waals surface area contributed by atoms with Crippen LogP contribution < -0.4 is 11.3 Å². The van der Waals surface area contributed by atoms with Crippen LogP contribution in [0.2, 0.25) is 0 Å². The first kappa shape index (κ1) is 18.0. The van der Waals surface area contributed by atoms with Gasteiger partial charge < -0.3 is 10.5 Å². The van der Waals surface area contributed by atoms with E-state index in [9.17, 15) is 18.0 Å². The first-order valence-corrected chi connectivity index (χ1v) is 9.81. The summed E-state index contributed by atoms with van der Waals surface area (Å²) in [5, 5.41) is -0.257. The second-order valence-electron chi connectivity index (χ2n) is 5.26. The van der Waals surface area contributed by atoms with Crippen LogP contribution >= 0.6 is 11.5 Å². The van der Waals surface area contributed by atoms with Gasteiger partial charge in [0.25, 0.3) is 5.56 Å². The lowest BCUT2D eigenvalue weighted by Gasteiger charge is -2.09. The van der Waals surface area contributed by atoms with E-state index >= 15 is 0 Å². The second-order valence-corrected chi connectivity index (χ2v) is 8.16. The largest absolute Gasteiger partial charge is 0.493 e. The van der Waals surface area contributed by atoms with Gasteiger partial charge in [0.15, 0.2) is 5.76 Å². The Morgan fingerprint density at radius 2 is 2.08 bits per heavy atom. The highest BCUT2D eigenvalue weighted by molar-refractivity contribution is 7.91. The zero-order valence-corrected chi connectivity index (χ0v) is 15.4. The molecule has 1 aliphatic carbocycles. The number of nitrogen functional groups attached to an aromatic ring is 1. The summed E-state index contributed by atoms with van der Waals surface area (Å²) in [6, 6.07) is 0. The van der Waals surface area contributed by atoms with Crippen molar-refractivity contribution in [2.75, 3.05) is 18.6 Å². The van der Waals surface area contributed by atoms with Gasteiger partial charge in [-0.05, 0) is 23.8 Å². The molecule has 136 valence electrons. The zero-order chi connectivity index (χ0) is 19.1. The molecule has 0 saturated heterocycles. The molecule has 0 spiro atoms. The monoisotopic (exact) mass is 394 g/mol. The fourth-order valence-electron chi connectivity index (χ4n) is 2.30. The molecular formula is C15H14N4O5S2. The number of rotatable bonds is 4. The van der Waals surface area contributed by atoms with Crippen LogP contribution in [0.4, 0.5) is 5.82 Å². The first-order valence-electron chi connectivity index (χ1n) is 7.39. The molecule has 2 heterocycles. The maximum atomic E-state index is 12.3. The Morgan fingerprint density at radius 1 is 1.35 bits per heavy atom. The van der Waals surface area contributed by atoms with Crippen LogP contribution in [0.5, 0.6) is 0 Å². The fraction of sp³-hybridized carbons (Fsp3) is 0.200. The van der Waals surface area contributed by atoms with Crippen molar-refractivity contribution >= 4 is 44.0 Å². The standard InChI is InChI=1S/C15H14N4O5S2/c1-3-26(22,23)15-18-25-14-17-13(21)9(12(16)19(14)15)6-8-4-5-10(20)11(7-8)24-2/h4-7H,3,16H2,1-2H3/b8-6+. The minimum Gasteiger partial charge on any atom is -0.493 e. The number of hydrogen-bond acceptors (Lipinski definition) is 9. The minimum absolute atomic E-state index is 0.00375. The van der Waals surface area contributed by atoms with E-state index in [1.54, 1.807) is 0 Å². The molecule has 2 aromatic rings. The number of carbonyl (C=O) groups excluding carboxylic acids is 1. The van der Waals surface area contributed by atoms with E-state index in [1.165, 1.54) is 38.3 Å². The Bertz CT molecular complexity index is 1170. The van der Waals surface area contributed by atoms with Gasteiger partial charge in [-0.25, -0.2) is 12.8 Å². The molecular weight excluding hydrogens is 380 g/mol. The highest BCUT2D eigenvalue weighted by Gasteiger charge is 2.23. The number of nitrogens with two attached hydrogens (primary N) is 1. The Labute approximate surface area is 152 Å². The lowest BCUT2D eigenvalue weighted by molar-refractivity contribution is -0.114. The van der Waals surface area contributed by atoms with Gasteiger partial charge in [0, 0.05) is 11.5 Å². The van der Waals surface area contributed by atoms with Crippen LogP contribution in [0.1, 0.15) is 12.5 Å². The summed E-state index contributed by atoms with van der Waals surface area (Å²) in [6.07, 6.45) is 5.66. The quantitative estimate of drug-likeness (QED) is 0.796. The molecule has 0 radical (unpaired) electrons. The van der Waals surface area contributed by atoms with Gasteiger partial charge >= 0.3 is 0 Å². The number of methoxy groups -OCH3 is 1. The van der Waals surface area contributed by atoms with Crippen molar-refractivity contribution in [2.45, 2.75) is 12.1 Å². The van der Waals surface area contributed by atoms with Gasteiger partial charge in [0.1, 0.15) is 5.82 Å². The van der Waals surface area contributed by atoms with Crippen molar-refractivity contribution in [3.63, 3.8) is 0 Å². The zero-order valence-electron chi connectivity index (χ0n) is 13.8. The number of anilines is 1. The second kappa shape index (κ2) is 6.50. The van der Waals surface area contributed by atoms with Crippen molar-refractivity contribution in [1.29, 1.82) is 0 Å². The molecule has 2 N–H and O–H groups in total. The summed E-state index contributed by atoms with van der Waals surface area (Å²) < 4.78 is 34.4. The molecule has 9 nitrogen and oxygen atoms in total. The Kier molecular flexibility index (Phi) is 4.50. The van der Waals surface area contributed by atoms with Crippen molar-refractivity contribution in [3.05, 3.63) is 45.5 Å². The van der Waals surface area contributed by atoms with Crippen LogP contribution in [0.25, 0.3) is 11.0 Å². The van der Waals surface area contributed by atoms with Gasteiger partial charge in [0.2, 0.25) is 25.7 Å². The highest BCUT2D eigenvalue weighted by Crippen LogP contribution is 2.23. The average molecular weight is 394 g/mol. The minimum atomic E-state index is -3.66. The van der Waals surface area contributed by atoms with E-state index in [0.29, 0.717) is 5.57 Å². The molecule has 2 aromatic heterocycles. The van der Waals surface area contributed by atoms with Crippen LogP contribution in [0.15, 0.2) is 39.5 Å². The summed E-state index contributed by atoms with van der Waals surface area (Å²) in [7, 11) is -2.30. The number of ketones is 1. The SMILES string of the molecule is CCS(=O)(=O)c1nsc2nc(=O)c(/C=C3\C=CC(=O)C(OC)=C3)c(N)n12. The molecule has 0 aromatic carbocycles. The van der Waals surface area contributed by atoms with Crippen LogP contribution in [0, 0.1) is 0 Å². The number of ether oxygens (including phenoxy) is 1. The summed E-state index contributed by atoms with van der Waals surface area (Å²) in [6.45, 7) is 1.48. The molecule has 0 amide bonds. The molecule has 0 fully saturated rings. The third-order valence-electron chi connectivity index (χ3n) is 3.69. The molecule has 0 unspecified atom stereocenters. The third-order valence-corrected chi connectivity index (χ3v) is 6.10. The number of carbonyl (C=O) groups is 1. The van der Waals surface area contributed by atoms with Crippen LogP contribution in [0.3, 0.4) is 0 Å². The van der Waals surface area contributed by atoms with Crippen molar-refractivity contribution < 1.29 is 17.9 Å². The lowest BCUT2D eigenvalue weighted by atomic mass is 10.0. The molecule has 0 saturated carbocycles. The number of nitrogens with zero attached hydrogens (tertiary/aromatic N) is 3. The maximum absolute atomic E-state index is 12.3. The first-order chi connectivity index (χ1) is 12.3. The smallest absolute Gasteiger partial charge is 0.283 e. The number of aromatic nitrogens is 3. The molecule has 0 aliphatic heterocycles. The third kappa shape index (κ3) is 2.95. The fourth-order valence-corrected chi connectivity index (χ4v) is 4.27. The van der Waals surface area contributed by atoms with Gasteiger partial charge in [-0.1, -0.05) is 13.0 Å². The topological polar surface area (TPSA) is 134 Å². The van der Waals surface area contributed by atoms with E-state index in [4.69, 9.17) is 10.5 Å². The summed E-state index contributed by atoms with van der Waals surface area (Å²) in [5.41, 5.74) is 5.92. The van der Waals surface area contributed by atoms with Crippen molar-refractivity contribution in [1.82, 2.24) is 13.8 Å². The van der Waals surface area contributed by atoms with E-state index in [2.05, 4.69) is 9.36 Å². The molecule has 26 heavy (non-hydrogen) atoms. The van der Waals surface area contributed by atoms with E-state index in [1.807, 2.05) is 0 Å². The number of fused-ring (bicyclic) bond motifs is 1. The summed E-state index contributed by atoms with van der Waals surface area (Å²) >= 11 is 0.775. The van der Waals surface area contributed by atoms with Crippen LogP contribution in [-0.2, 0) is 19.4 Å². The van der Waals surface area contributed by atoms with E-state index in [-0.39, 0.29) is 38.8 Å². The molecule has 0 atom stereocenters. The average Bonchev–Trinajstić information content (AvgIpc) is 3.04. The Balaban J connectivity index is 2.25. The van der Waals surface area contributed by atoms with Gasteiger partial charge in [-0.2, -0.15) is 9.36 Å². The van der Waals surface area contributed by atoms with E-state index in [0.717, 1.165) is 15.9 Å². The molecule has 11 heteroatoms. The lowest BCUT2D eigenvalue weighted by Crippen LogP contribution is -2.19. The summed E-state index contributed by atoms with van der Waals surface area (Å²) in [5.74, 6) is -0.455.